The quantitative estimate of drug-likeness (QED) is 0.918. The molecule has 0 fully saturated rings. The van der Waals surface area contributed by atoms with Crippen molar-refractivity contribution in [2.24, 2.45) is 0 Å². The Bertz CT molecular complexity index is 692. The Morgan fingerprint density at radius 1 is 1.23 bits per heavy atom. The molecule has 0 spiro atoms. The highest BCUT2D eigenvalue weighted by Crippen LogP contribution is 2.33. The topological polar surface area (TPSA) is 73.6 Å². The summed E-state index contributed by atoms with van der Waals surface area (Å²) in [5, 5.41) is 6.78. The molecule has 1 aromatic carbocycles. The fourth-order valence-electron chi connectivity index (χ4n) is 2.25. The van der Waals surface area contributed by atoms with Gasteiger partial charge in [0.25, 0.3) is 5.91 Å². The molecule has 0 aliphatic rings. The number of nitrogens with zero attached hydrogens (tertiary/aromatic N) is 1. The Hall–Kier alpha value is -2.50. The highest BCUT2D eigenvalue weighted by molar-refractivity contribution is 6.06. The van der Waals surface area contributed by atoms with Gasteiger partial charge in [0, 0.05) is 11.8 Å². The molecule has 0 saturated heterocycles. The van der Waals surface area contributed by atoms with E-state index in [-0.39, 0.29) is 5.91 Å². The average molecular weight is 304 g/mol. The van der Waals surface area contributed by atoms with E-state index in [1.807, 2.05) is 19.9 Å². The Morgan fingerprint density at radius 3 is 2.45 bits per heavy atom. The van der Waals surface area contributed by atoms with E-state index < -0.39 is 0 Å². The molecule has 1 amide bonds. The van der Waals surface area contributed by atoms with E-state index in [1.165, 1.54) is 0 Å². The molecular formula is C16H20N2O4. The molecular weight excluding hydrogens is 284 g/mol. The molecule has 0 aliphatic carbocycles. The molecule has 0 unspecified atom stereocenters. The number of aromatic nitrogens is 1. The van der Waals surface area contributed by atoms with Crippen molar-refractivity contribution in [3.63, 3.8) is 0 Å². The highest BCUT2D eigenvalue weighted by atomic mass is 16.5. The zero-order valence-corrected chi connectivity index (χ0v) is 13.4. The first-order valence-corrected chi connectivity index (χ1v) is 7.00. The third-order valence-electron chi connectivity index (χ3n) is 3.47. The normalized spacial score (nSPS) is 10.4. The van der Waals surface area contributed by atoms with Gasteiger partial charge in [-0.3, -0.25) is 4.79 Å². The van der Waals surface area contributed by atoms with Crippen LogP contribution in [0, 0.1) is 13.8 Å². The smallest absolute Gasteiger partial charge is 0.261 e. The van der Waals surface area contributed by atoms with Gasteiger partial charge in [-0.2, -0.15) is 0 Å². The van der Waals surface area contributed by atoms with Gasteiger partial charge in [0.2, 0.25) is 0 Å². The molecule has 0 radical (unpaired) electrons. The Morgan fingerprint density at radius 2 is 1.86 bits per heavy atom. The van der Waals surface area contributed by atoms with Crippen molar-refractivity contribution in [1.82, 2.24) is 5.16 Å². The lowest BCUT2D eigenvalue weighted by Crippen LogP contribution is -2.15. The maximum Gasteiger partial charge on any atom is 0.261 e. The summed E-state index contributed by atoms with van der Waals surface area (Å²) >= 11 is 0. The van der Waals surface area contributed by atoms with Crippen molar-refractivity contribution in [3.05, 3.63) is 34.7 Å². The summed E-state index contributed by atoms with van der Waals surface area (Å²) < 4.78 is 15.6. The maximum absolute atomic E-state index is 12.5. The maximum atomic E-state index is 12.5. The zero-order valence-electron chi connectivity index (χ0n) is 13.4. The highest BCUT2D eigenvalue weighted by Gasteiger charge is 2.20. The Balaban J connectivity index is 2.34. The Labute approximate surface area is 129 Å². The number of carbonyl (C=O) groups is 1. The molecule has 0 atom stereocenters. The minimum atomic E-state index is -0.245. The fourth-order valence-corrected chi connectivity index (χ4v) is 2.25. The Kier molecular flexibility index (Phi) is 4.70. The number of carbonyl (C=O) groups excluding carboxylic acids is 1. The molecule has 0 aliphatic heterocycles. The second-order valence-corrected chi connectivity index (χ2v) is 4.89. The van der Waals surface area contributed by atoms with Gasteiger partial charge >= 0.3 is 0 Å². The standard InChI is InChI=1S/C16H20N2O4/c1-6-11-15(10(3)22-18-11)16(19)17-12-8-14(21-5)13(20-4)7-9(12)2/h7-8H,6H2,1-5H3,(H,17,19). The van der Waals surface area contributed by atoms with Gasteiger partial charge in [0.05, 0.1) is 19.9 Å². The first kappa shape index (κ1) is 15.9. The molecule has 6 heteroatoms. The van der Waals surface area contributed by atoms with E-state index in [2.05, 4.69) is 10.5 Å². The van der Waals surface area contributed by atoms with Crippen molar-refractivity contribution in [1.29, 1.82) is 0 Å². The lowest BCUT2D eigenvalue weighted by molar-refractivity contribution is 0.102. The average Bonchev–Trinajstić information content (AvgIpc) is 2.89. The number of amides is 1. The summed E-state index contributed by atoms with van der Waals surface area (Å²) in [6, 6.07) is 3.55. The number of anilines is 1. The van der Waals surface area contributed by atoms with Gasteiger partial charge in [-0.1, -0.05) is 12.1 Å². The molecule has 1 heterocycles. The second kappa shape index (κ2) is 6.51. The van der Waals surface area contributed by atoms with Crippen LogP contribution in [0.4, 0.5) is 5.69 Å². The summed E-state index contributed by atoms with van der Waals surface area (Å²) in [5.74, 6) is 1.44. The summed E-state index contributed by atoms with van der Waals surface area (Å²) in [6.07, 6.45) is 0.630. The molecule has 118 valence electrons. The van der Waals surface area contributed by atoms with Crippen LogP contribution in [-0.2, 0) is 6.42 Å². The van der Waals surface area contributed by atoms with E-state index in [0.29, 0.717) is 40.6 Å². The predicted octanol–water partition coefficient (Wildman–Crippen LogP) is 3.12. The predicted molar refractivity (Wildman–Crippen MR) is 82.9 cm³/mol. The van der Waals surface area contributed by atoms with Crippen LogP contribution < -0.4 is 14.8 Å². The van der Waals surface area contributed by atoms with Crippen LogP contribution in [0.1, 0.15) is 34.3 Å². The number of nitrogens with one attached hydrogen (secondary N) is 1. The van der Waals surface area contributed by atoms with Gasteiger partial charge in [-0.25, -0.2) is 0 Å². The number of hydrogen-bond acceptors (Lipinski definition) is 5. The van der Waals surface area contributed by atoms with Crippen molar-refractivity contribution >= 4 is 11.6 Å². The summed E-state index contributed by atoms with van der Waals surface area (Å²) in [7, 11) is 3.13. The molecule has 1 N–H and O–H groups in total. The molecule has 6 nitrogen and oxygen atoms in total. The van der Waals surface area contributed by atoms with Crippen LogP contribution in [0.25, 0.3) is 0 Å². The van der Waals surface area contributed by atoms with E-state index >= 15 is 0 Å². The first-order chi connectivity index (χ1) is 10.5. The SMILES string of the molecule is CCc1noc(C)c1C(=O)Nc1cc(OC)c(OC)cc1C. The van der Waals surface area contributed by atoms with Crippen molar-refractivity contribution in [2.45, 2.75) is 27.2 Å². The number of aryl methyl sites for hydroxylation is 3. The molecule has 1 aromatic heterocycles. The van der Waals surface area contributed by atoms with Gasteiger partial charge in [-0.15, -0.1) is 0 Å². The lowest BCUT2D eigenvalue weighted by atomic mass is 10.1. The lowest BCUT2D eigenvalue weighted by Gasteiger charge is -2.13. The minimum Gasteiger partial charge on any atom is -0.493 e. The van der Waals surface area contributed by atoms with E-state index in [9.17, 15) is 4.79 Å². The number of rotatable bonds is 5. The van der Waals surface area contributed by atoms with Crippen LogP contribution in [0.15, 0.2) is 16.7 Å². The third kappa shape index (κ3) is 2.90. The number of hydrogen-bond donors (Lipinski definition) is 1. The van der Waals surface area contributed by atoms with E-state index in [0.717, 1.165) is 5.56 Å². The van der Waals surface area contributed by atoms with E-state index in [4.69, 9.17) is 14.0 Å². The number of methoxy groups -OCH3 is 2. The third-order valence-corrected chi connectivity index (χ3v) is 3.47. The van der Waals surface area contributed by atoms with Crippen molar-refractivity contribution in [2.75, 3.05) is 19.5 Å². The molecule has 0 saturated carbocycles. The van der Waals surface area contributed by atoms with Gasteiger partial charge < -0.3 is 19.3 Å². The second-order valence-electron chi connectivity index (χ2n) is 4.89. The first-order valence-electron chi connectivity index (χ1n) is 7.00. The number of benzene rings is 1. The van der Waals surface area contributed by atoms with Crippen LogP contribution in [0.3, 0.4) is 0 Å². The minimum absolute atomic E-state index is 0.245. The van der Waals surface area contributed by atoms with Crippen molar-refractivity contribution < 1.29 is 18.8 Å². The largest absolute Gasteiger partial charge is 0.493 e. The molecule has 22 heavy (non-hydrogen) atoms. The van der Waals surface area contributed by atoms with E-state index in [1.54, 1.807) is 27.2 Å². The van der Waals surface area contributed by atoms with Gasteiger partial charge in [0.1, 0.15) is 11.3 Å². The summed E-state index contributed by atoms with van der Waals surface area (Å²) in [5.41, 5.74) is 2.66. The van der Waals surface area contributed by atoms with Gasteiger partial charge in [0.15, 0.2) is 11.5 Å². The summed E-state index contributed by atoms with van der Waals surface area (Å²) in [6.45, 7) is 5.54. The number of ether oxygens (including phenoxy) is 2. The molecule has 2 aromatic rings. The summed E-state index contributed by atoms with van der Waals surface area (Å²) in [4.78, 5) is 12.5. The van der Waals surface area contributed by atoms with Crippen LogP contribution in [0.5, 0.6) is 11.5 Å². The van der Waals surface area contributed by atoms with Crippen LogP contribution in [-0.4, -0.2) is 25.3 Å². The fraction of sp³-hybridized carbons (Fsp3) is 0.375. The van der Waals surface area contributed by atoms with Crippen LogP contribution >= 0.6 is 0 Å². The zero-order chi connectivity index (χ0) is 16.3. The monoisotopic (exact) mass is 304 g/mol. The molecule has 2 rings (SSSR count). The molecule has 0 bridgehead atoms. The van der Waals surface area contributed by atoms with Gasteiger partial charge in [-0.05, 0) is 31.9 Å². The van der Waals surface area contributed by atoms with Crippen LogP contribution in [0.2, 0.25) is 0 Å². The van der Waals surface area contributed by atoms with Crippen molar-refractivity contribution in [3.8, 4) is 11.5 Å².